The third-order valence-corrected chi connectivity index (χ3v) is 3.72. The van der Waals surface area contributed by atoms with E-state index >= 15 is 0 Å². The van der Waals surface area contributed by atoms with Crippen LogP contribution in [0, 0.1) is 0 Å². The van der Waals surface area contributed by atoms with Gasteiger partial charge >= 0.3 is 18.0 Å². The van der Waals surface area contributed by atoms with Gasteiger partial charge in [-0.25, -0.2) is 9.59 Å². The number of ether oxygens (including phenoxy) is 1. The Hall–Kier alpha value is -1.83. The van der Waals surface area contributed by atoms with Crippen molar-refractivity contribution in [2.24, 2.45) is 0 Å². The fourth-order valence-corrected chi connectivity index (χ4v) is 2.78. The summed E-state index contributed by atoms with van der Waals surface area (Å²) in [5, 5.41) is 19.9. The Morgan fingerprint density at radius 2 is 2.05 bits per heavy atom. The molecule has 1 heterocycles. The Kier molecular flexibility index (Phi) is 4.43. The van der Waals surface area contributed by atoms with Crippen LogP contribution in [0.4, 0.5) is 4.79 Å². The van der Waals surface area contributed by atoms with Crippen molar-refractivity contribution in [1.82, 2.24) is 10.2 Å². The SMILES string of the molecule is O=C(O)C[C@@H](NC(=O)N1CCOC2CCCC21)C(=O)O. The van der Waals surface area contributed by atoms with Crippen molar-refractivity contribution in [3.63, 3.8) is 0 Å². The van der Waals surface area contributed by atoms with Crippen LogP contribution in [0.1, 0.15) is 25.7 Å². The molecule has 0 aromatic rings. The number of morpholine rings is 1. The second-order valence-corrected chi connectivity index (χ2v) is 5.04. The van der Waals surface area contributed by atoms with Crippen molar-refractivity contribution >= 4 is 18.0 Å². The van der Waals surface area contributed by atoms with Crippen LogP contribution < -0.4 is 5.32 Å². The highest BCUT2D eigenvalue weighted by Gasteiger charge is 2.39. The maximum absolute atomic E-state index is 12.1. The molecule has 0 spiro atoms. The molecule has 1 aliphatic carbocycles. The molecule has 3 atom stereocenters. The molecule has 3 N–H and O–H groups in total. The van der Waals surface area contributed by atoms with E-state index in [4.69, 9.17) is 14.9 Å². The summed E-state index contributed by atoms with van der Waals surface area (Å²) < 4.78 is 5.57. The van der Waals surface area contributed by atoms with Gasteiger partial charge in [0.15, 0.2) is 0 Å². The quantitative estimate of drug-likeness (QED) is 0.663. The first-order valence-corrected chi connectivity index (χ1v) is 6.62. The number of carboxylic acids is 2. The normalized spacial score (nSPS) is 26.7. The molecule has 0 bridgehead atoms. The number of nitrogens with zero attached hydrogens (tertiary/aromatic N) is 1. The Morgan fingerprint density at radius 1 is 1.30 bits per heavy atom. The minimum Gasteiger partial charge on any atom is -0.481 e. The average Bonchev–Trinajstić information content (AvgIpc) is 2.84. The van der Waals surface area contributed by atoms with E-state index in [0.717, 1.165) is 19.3 Å². The van der Waals surface area contributed by atoms with Gasteiger partial charge in [0.05, 0.1) is 25.2 Å². The van der Waals surface area contributed by atoms with Gasteiger partial charge in [0.2, 0.25) is 0 Å². The standard InChI is InChI=1S/C12H18N2O6/c15-10(16)6-7(11(17)18)13-12(19)14-4-5-20-9-3-1-2-8(9)14/h7-9H,1-6H2,(H,13,19)(H,15,16)(H,17,18)/t7-,8?,9?/m1/s1. The topological polar surface area (TPSA) is 116 Å². The number of carboxylic acid groups (broad SMARTS) is 2. The van der Waals surface area contributed by atoms with Gasteiger partial charge in [-0.15, -0.1) is 0 Å². The lowest BCUT2D eigenvalue weighted by molar-refractivity contribution is -0.145. The highest BCUT2D eigenvalue weighted by Crippen LogP contribution is 2.29. The molecule has 0 aromatic carbocycles. The number of carbonyl (C=O) groups is 3. The van der Waals surface area contributed by atoms with Gasteiger partial charge in [-0.2, -0.15) is 0 Å². The Balaban J connectivity index is 1.98. The van der Waals surface area contributed by atoms with Crippen LogP contribution in [-0.2, 0) is 14.3 Å². The van der Waals surface area contributed by atoms with E-state index in [9.17, 15) is 14.4 Å². The summed E-state index contributed by atoms with van der Waals surface area (Å²) in [5.41, 5.74) is 0. The molecular formula is C12H18N2O6. The number of hydrogen-bond donors (Lipinski definition) is 3. The molecule has 1 saturated carbocycles. The highest BCUT2D eigenvalue weighted by atomic mass is 16.5. The Labute approximate surface area is 115 Å². The zero-order valence-electron chi connectivity index (χ0n) is 10.9. The second kappa shape index (κ2) is 6.08. The van der Waals surface area contributed by atoms with Gasteiger partial charge in [-0.1, -0.05) is 0 Å². The highest BCUT2D eigenvalue weighted by molar-refractivity contribution is 5.86. The van der Waals surface area contributed by atoms with Crippen molar-refractivity contribution in [2.75, 3.05) is 13.2 Å². The Morgan fingerprint density at radius 3 is 2.70 bits per heavy atom. The van der Waals surface area contributed by atoms with E-state index in [2.05, 4.69) is 5.32 Å². The molecule has 2 unspecified atom stereocenters. The van der Waals surface area contributed by atoms with E-state index < -0.39 is 30.4 Å². The van der Waals surface area contributed by atoms with Crippen LogP contribution in [0.25, 0.3) is 0 Å². The molecule has 2 rings (SSSR count). The zero-order chi connectivity index (χ0) is 14.7. The molecular weight excluding hydrogens is 268 g/mol. The van der Waals surface area contributed by atoms with Gasteiger partial charge in [0, 0.05) is 6.54 Å². The summed E-state index contributed by atoms with van der Waals surface area (Å²) in [6.45, 7) is 0.817. The summed E-state index contributed by atoms with van der Waals surface area (Å²) in [5.74, 6) is -2.62. The van der Waals surface area contributed by atoms with Crippen LogP contribution in [0.3, 0.4) is 0 Å². The molecule has 1 aliphatic heterocycles. The maximum Gasteiger partial charge on any atom is 0.326 e. The van der Waals surface area contributed by atoms with Crippen molar-refractivity contribution in [3.8, 4) is 0 Å². The minimum absolute atomic E-state index is 0.0113. The number of amides is 2. The molecule has 8 heteroatoms. The number of nitrogens with one attached hydrogen (secondary N) is 1. The number of rotatable bonds is 4. The first-order valence-electron chi connectivity index (χ1n) is 6.62. The van der Waals surface area contributed by atoms with Crippen molar-refractivity contribution in [2.45, 2.75) is 43.9 Å². The summed E-state index contributed by atoms with van der Waals surface area (Å²) in [6.07, 6.45) is 2.06. The molecule has 2 aliphatic rings. The Bertz CT molecular complexity index is 413. The molecule has 2 amide bonds. The fourth-order valence-electron chi connectivity index (χ4n) is 2.78. The monoisotopic (exact) mass is 286 g/mol. The third kappa shape index (κ3) is 3.19. The number of hydrogen-bond acceptors (Lipinski definition) is 4. The van der Waals surface area contributed by atoms with Gasteiger partial charge in [-0.3, -0.25) is 4.79 Å². The number of aliphatic carboxylic acids is 2. The summed E-state index contributed by atoms with van der Waals surface area (Å²) in [4.78, 5) is 35.3. The van der Waals surface area contributed by atoms with Crippen molar-refractivity contribution in [3.05, 3.63) is 0 Å². The molecule has 0 radical (unpaired) electrons. The lowest BCUT2D eigenvalue weighted by Crippen LogP contribution is -2.57. The van der Waals surface area contributed by atoms with E-state index in [0.29, 0.717) is 13.2 Å². The smallest absolute Gasteiger partial charge is 0.326 e. The summed E-state index contributed by atoms with van der Waals surface area (Å²) in [6, 6.07) is -1.98. The largest absolute Gasteiger partial charge is 0.481 e. The molecule has 8 nitrogen and oxygen atoms in total. The van der Waals surface area contributed by atoms with Crippen LogP contribution in [0.5, 0.6) is 0 Å². The van der Waals surface area contributed by atoms with Crippen molar-refractivity contribution in [1.29, 1.82) is 0 Å². The lowest BCUT2D eigenvalue weighted by Gasteiger charge is -2.38. The minimum atomic E-state index is -1.41. The van der Waals surface area contributed by atoms with Gasteiger partial charge in [-0.05, 0) is 19.3 Å². The van der Waals surface area contributed by atoms with Gasteiger partial charge in [0.1, 0.15) is 6.04 Å². The average molecular weight is 286 g/mol. The maximum atomic E-state index is 12.1. The van der Waals surface area contributed by atoms with Crippen LogP contribution in [0.15, 0.2) is 0 Å². The number of carbonyl (C=O) groups excluding carboxylic acids is 1. The number of urea groups is 1. The first-order chi connectivity index (χ1) is 9.49. The van der Waals surface area contributed by atoms with E-state index in [1.165, 1.54) is 0 Å². The zero-order valence-corrected chi connectivity index (χ0v) is 10.9. The van der Waals surface area contributed by atoms with Crippen molar-refractivity contribution < 1.29 is 29.3 Å². The third-order valence-electron chi connectivity index (χ3n) is 3.72. The lowest BCUT2D eigenvalue weighted by atomic mass is 10.1. The van der Waals surface area contributed by atoms with Crippen LogP contribution in [-0.4, -0.2) is 64.4 Å². The molecule has 112 valence electrons. The number of fused-ring (bicyclic) bond motifs is 1. The fraction of sp³-hybridized carbons (Fsp3) is 0.750. The predicted octanol–water partition coefficient (Wildman–Crippen LogP) is -0.123. The van der Waals surface area contributed by atoms with Gasteiger partial charge in [0.25, 0.3) is 0 Å². The second-order valence-electron chi connectivity index (χ2n) is 5.04. The van der Waals surface area contributed by atoms with Gasteiger partial charge < -0.3 is 25.2 Å². The summed E-state index contributed by atoms with van der Waals surface area (Å²) >= 11 is 0. The van der Waals surface area contributed by atoms with E-state index in [-0.39, 0.29) is 12.1 Å². The van der Waals surface area contributed by atoms with E-state index in [1.807, 2.05) is 0 Å². The molecule has 0 aromatic heterocycles. The van der Waals surface area contributed by atoms with Crippen LogP contribution in [0.2, 0.25) is 0 Å². The predicted molar refractivity (Wildman–Crippen MR) is 66.3 cm³/mol. The molecule has 1 saturated heterocycles. The molecule has 20 heavy (non-hydrogen) atoms. The first kappa shape index (κ1) is 14.6. The summed E-state index contributed by atoms with van der Waals surface area (Å²) in [7, 11) is 0. The molecule has 2 fully saturated rings. The van der Waals surface area contributed by atoms with Crippen LogP contribution >= 0.6 is 0 Å². The van der Waals surface area contributed by atoms with E-state index in [1.54, 1.807) is 4.90 Å².